The normalized spacial score (nSPS) is 14.2. The number of benzene rings is 1. The minimum atomic E-state index is -0.677. The quantitative estimate of drug-likeness (QED) is 0.615. The van der Waals surface area contributed by atoms with Crippen LogP contribution in [0.15, 0.2) is 30.3 Å². The molecule has 0 bridgehead atoms. The molecule has 4 heteroatoms. The van der Waals surface area contributed by atoms with Crippen LogP contribution in [0.2, 0.25) is 0 Å². The maximum atomic E-state index is 11.2. The Morgan fingerprint density at radius 1 is 1.22 bits per heavy atom. The average molecular weight is 251 g/mol. The lowest BCUT2D eigenvalue weighted by molar-refractivity contribution is 0.0206. The van der Waals surface area contributed by atoms with Gasteiger partial charge in [-0.25, -0.2) is 4.79 Å². The molecule has 4 nitrogen and oxygen atoms in total. The highest BCUT2D eigenvalue weighted by atomic mass is 16.7. The largest absolute Gasteiger partial charge is 0.514 e. The van der Waals surface area contributed by atoms with Gasteiger partial charge in [0.2, 0.25) is 0 Å². The van der Waals surface area contributed by atoms with Gasteiger partial charge in [-0.2, -0.15) is 0 Å². The van der Waals surface area contributed by atoms with Crippen LogP contribution in [0.3, 0.4) is 0 Å². The molecule has 0 atom stereocenters. The summed E-state index contributed by atoms with van der Waals surface area (Å²) >= 11 is 0. The maximum absolute atomic E-state index is 11.2. The Balaban J connectivity index is 0.000000341. The van der Waals surface area contributed by atoms with Gasteiger partial charge in [-0.1, -0.05) is 18.2 Å². The minimum absolute atomic E-state index is 0.488. The fourth-order valence-corrected chi connectivity index (χ4v) is 0.952. The molecule has 0 aliphatic heterocycles. The van der Waals surface area contributed by atoms with Crippen molar-refractivity contribution in [3.8, 4) is 5.75 Å². The topological polar surface area (TPSA) is 61.5 Å². The Morgan fingerprint density at radius 2 is 1.72 bits per heavy atom. The predicted octanol–water partition coefficient (Wildman–Crippen LogP) is 3.11. The predicted molar refractivity (Wildman–Crippen MR) is 70.5 cm³/mol. The van der Waals surface area contributed by atoms with E-state index in [9.17, 15) is 4.79 Å². The number of nitrogens with two attached hydrogens (primary N) is 1. The first-order chi connectivity index (χ1) is 8.37. The third kappa shape index (κ3) is 7.68. The van der Waals surface area contributed by atoms with Gasteiger partial charge in [0.25, 0.3) is 0 Å². The van der Waals surface area contributed by atoms with Crippen molar-refractivity contribution in [3.05, 3.63) is 30.3 Å². The highest BCUT2D eigenvalue weighted by Crippen LogP contribution is 2.14. The second-order valence-electron chi connectivity index (χ2n) is 5.22. The molecule has 1 aromatic rings. The molecule has 1 saturated carbocycles. The third-order valence-electron chi connectivity index (χ3n) is 1.96. The zero-order valence-corrected chi connectivity index (χ0v) is 11.2. The second-order valence-corrected chi connectivity index (χ2v) is 5.22. The molecule has 0 heterocycles. The number of ether oxygens (including phenoxy) is 2. The van der Waals surface area contributed by atoms with Crippen LogP contribution in [0, 0.1) is 0 Å². The molecule has 18 heavy (non-hydrogen) atoms. The molecule has 0 aromatic heterocycles. The van der Waals surface area contributed by atoms with E-state index < -0.39 is 11.8 Å². The van der Waals surface area contributed by atoms with E-state index in [1.807, 2.05) is 6.07 Å². The molecule has 100 valence electrons. The lowest BCUT2D eigenvalue weighted by Gasteiger charge is -2.18. The van der Waals surface area contributed by atoms with Gasteiger partial charge in [0, 0.05) is 6.04 Å². The Bertz CT molecular complexity index is 366. The third-order valence-corrected chi connectivity index (χ3v) is 1.96. The Morgan fingerprint density at radius 3 is 2.11 bits per heavy atom. The molecule has 0 spiro atoms. The number of carbonyl (C=O) groups excluding carboxylic acids is 1. The van der Waals surface area contributed by atoms with E-state index in [4.69, 9.17) is 15.2 Å². The highest BCUT2D eigenvalue weighted by Gasteiger charge is 2.17. The van der Waals surface area contributed by atoms with Crippen molar-refractivity contribution in [1.82, 2.24) is 0 Å². The smallest absolute Gasteiger partial charge is 0.428 e. The first-order valence-electron chi connectivity index (χ1n) is 6.08. The van der Waals surface area contributed by atoms with Crippen LogP contribution in [0.1, 0.15) is 33.6 Å². The van der Waals surface area contributed by atoms with E-state index in [1.165, 1.54) is 12.8 Å². The number of para-hydroxylation sites is 1. The summed E-state index contributed by atoms with van der Waals surface area (Å²) < 4.78 is 9.91. The summed E-state index contributed by atoms with van der Waals surface area (Å²) in [6, 6.07) is 9.41. The van der Waals surface area contributed by atoms with E-state index in [-0.39, 0.29) is 0 Å². The van der Waals surface area contributed by atoms with Gasteiger partial charge < -0.3 is 15.2 Å². The van der Waals surface area contributed by atoms with E-state index in [2.05, 4.69) is 0 Å². The molecule has 0 radical (unpaired) electrons. The van der Waals surface area contributed by atoms with Gasteiger partial charge in [0.05, 0.1) is 0 Å². The van der Waals surface area contributed by atoms with Crippen molar-refractivity contribution in [1.29, 1.82) is 0 Å². The van der Waals surface area contributed by atoms with Crippen molar-refractivity contribution in [2.24, 2.45) is 5.73 Å². The van der Waals surface area contributed by atoms with Crippen molar-refractivity contribution < 1.29 is 14.3 Å². The Hall–Kier alpha value is -1.55. The molecular weight excluding hydrogens is 230 g/mol. The molecule has 0 saturated heterocycles. The fourth-order valence-electron chi connectivity index (χ4n) is 0.952. The maximum Gasteiger partial charge on any atom is 0.514 e. The molecule has 2 N–H and O–H groups in total. The molecule has 1 aliphatic carbocycles. The van der Waals surface area contributed by atoms with Crippen molar-refractivity contribution in [2.45, 2.75) is 45.3 Å². The fraction of sp³-hybridized carbons (Fsp3) is 0.500. The van der Waals surface area contributed by atoms with Crippen LogP contribution >= 0.6 is 0 Å². The number of hydrogen-bond donors (Lipinski definition) is 1. The van der Waals surface area contributed by atoms with Crippen LogP contribution < -0.4 is 10.5 Å². The number of carbonyl (C=O) groups is 1. The van der Waals surface area contributed by atoms with Gasteiger partial charge in [-0.15, -0.1) is 0 Å². The molecule has 1 aromatic carbocycles. The molecule has 0 amide bonds. The van der Waals surface area contributed by atoms with Gasteiger partial charge in [-0.3, -0.25) is 0 Å². The lowest BCUT2D eigenvalue weighted by atomic mass is 10.2. The van der Waals surface area contributed by atoms with Gasteiger partial charge in [0.1, 0.15) is 11.4 Å². The van der Waals surface area contributed by atoms with E-state index in [0.29, 0.717) is 11.8 Å². The minimum Gasteiger partial charge on any atom is -0.428 e. The van der Waals surface area contributed by atoms with Gasteiger partial charge in [0.15, 0.2) is 0 Å². The highest BCUT2D eigenvalue weighted by molar-refractivity contribution is 5.64. The van der Waals surface area contributed by atoms with E-state index in [1.54, 1.807) is 45.0 Å². The summed E-state index contributed by atoms with van der Waals surface area (Å²) in [7, 11) is 0. The number of rotatable bonds is 1. The van der Waals surface area contributed by atoms with Crippen LogP contribution in [0.5, 0.6) is 5.75 Å². The summed E-state index contributed by atoms with van der Waals surface area (Å²) in [5, 5.41) is 0. The van der Waals surface area contributed by atoms with E-state index >= 15 is 0 Å². The zero-order valence-electron chi connectivity index (χ0n) is 11.2. The van der Waals surface area contributed by atoms with Crippen molar-refractivity contribution >= 4 is 6.16 Å². The SMILES string of the molecule is CC(C)(C)OC(=O)Oc1ccccc1.NC1CC1. The van der Waals surface area contributed by atoms with Crippen LogP contribution in [0.25, 0.3) is 0 Å². The standard InChI is InChI=1S/C11H14O3.C3H7N/c1-11(2,3)14-10(12)13-9-7-5-4-6-8-9;4-3-1-2-3/h4-8H,1-3H3;3H,1-2,4H2. The summed E-state index contributed by atoms with van der Waals surface area (Å²) in [5.41, 5.74) is 4.70. The zero-order chi connectivity index (χ0) is 13.6. The summed E-state index contributed by atoms with van der Waals surface area (Å²) in [5.74, 6) is 0.488. The molecule has 0 unspecified atom stereocenters. The lowest BCUT2D eigenvalue weighted by Crippen LogP contribution is -2.25. The molecular formula is C14H21NO3. The van der Waals surface area contributed by atoms with Crippen molar-refractivity contribution in [2.75, 3.05) is 0 Å². The molecule has 2 rings (SSSR count). The summed E-state index contributed by atoms with van der Waals surface area (Å²) in [6.07, 6.45) is 1.85. The van der Waals surface area contributed by atoms with Crippen LogP contribution in [-0.2, 0) is 4.74 Å². The Kier molecular flexibility index (Phi) is 5.16. The van der Waals surface area contributed by atoms with E-state index in [0.717, 1.165) is 0 Å². The average Bonchev–Trinajstić information content (AvgIpc) is 3.00. The van der Waals surface area contributed by atoms with Crippen LogP contribution in [-0.4, -0.2) is 17.8 Å². The monoisotopic (exact) mass is 251 g/mol. The first-order valence-corrected chi connectivity index (χ1v) is 6.08. The van der Waals surface area contributed by atoms with Crippen molar-refractivity contribution in [3.63, 3.8) is 0 Å². The molecule has 1 fully saturated rings. The summed E-state index contributed by atoms with van der Waals surface area (Å²) in [4.78, 5) is 11.2. The Labute approximate surface area is 108 Å². The van der Waals surface area contributed by atoms with Gasteiger partial charge in [-0.05, 0) is 45.7 Å². The molecule has 1 aliphatic rings. The second kappa shape index (κ2) is 6.40. The van der Waals surface area contributed by atoms with Crippen LogP contribution in [0.4, 0.5) is 4.79 Å². The number of hydrogen-bond acceptors (Lipinski definition) is 4. The van der Waals surface area contributed by atoms with Gasteiger partial charge >= 0.3 is 6.16 Å². The first kappa shape index (κ1) is 14.5. The summed E-state index contributed by atoms with van der Waals surface area (Å²) in [6.45, 7) is 5.37.